The van der Waals surface area contributed by atoms with Gasteiger partial charge in [0.15, 0.2) is 5.96 Å². The van der Waals surface area contributed by atoms with Crippen molar-refractivity contribution in [2.45, 2.75) is 77.9 Å². The Morgan fingerprint density at radius 2 is 1.71 bits per heavy atom. The van der Waals surface area contributed by atoms with Gasteiger partial charge in [0.1, 0.15) is 0 Å². The first kappa shape index (κ1) is 20.7. The molecule has 0 aliphatic heterocycles. The van der Waals surface area contributed by atoms with Crippen molar-refractivity contribution in [3.63, 3.8) is 0 Å². The second kappa shape index (κ2) is 11.3. The van der Waals surface area contributed by atoms with Crippen LogP contribution in [0.3, 0.4) is 0 Å². The van der Waals surface area contributed by atoms with Crippen LogP contribution in [0.1, 0.15) is 59.8 Å². The zero-order valence-electron chi connectivity index (χ0n) is 16.2. The van der Waals surface area contributed by atoms with Crippen molar-refractivity contribution in [1.82, 2.24) is 20.9 Å². The van der Waals surface area contributed by atoms with E-state index in [1.807, 2.05) is 0 Å². The molecule has 24 heavy (non-hydrogen) atoms. The van der Waals surface area contributed by atoms with Crippen molar-refractivity contribution in [1.29, 1.82) is 0 Å². The quantitative estimate of drug-likeness (QED) is 0.465. The van der Waals surface area contributed by atoms with Gasteiger partial charge in [-0.15, -0.1) is 0 Å². The molecule has 140 valence electrons. The molecule has 6 heteroatoms. The second-order valence-corrected chi connectivity index (χ2v) is 7.18. The maximum atomic E-state index is 12.0. The Kier molecular flexibility index (Phi) is 9.76. The van der Waals surface area contributed by atoms with Crippen LogP contribution in [0.5, 0.6) is 0 Å². The summed E-state index contributed by atoms with van der Waals surface area (Å²) >= 11 is 0. The van der Waals surface area contributed by atoms with Crippen LogP contribution in [0.15, 0.2) is 4.99 Å². The van der Waals surface area contributed by atoms with Gasteiger partial charge in [-0.2, -0.15) is 0 Å². The molecular formula is C18H37N5O. The van der Waals surface area contributed by atoms with Gasteiger partial charge in [-0.1, -0.05) is 19.3 Å². The number of carbonyl (C=O) groups is 1. The van der Waals surface area contributed by atoms with Gasteiger partial charge in [-0.05, 0) is 40.5 Å². The monoisotopic (exact) mass is 339 g/mol. The highest BCUT2D eigenvalue weighted by atomic mass is 16.2. The molecular weight excluding hydrogens is 302 g/mol. The van der Waals surface area contributed by atoms with Crippen molar-refractivity contribution in [2.24, 2.45) is 4.99 Å². The van der Waals surface area contributed by atoms with E-state index in [0.29, 0.717) is 24.1 Å². The van der Waals surface area contributed by atoms with E-state index in [0.717, 1.165) is 25.9 Å². The zero-order chi connectivity index (χ0) is 17.9. The Morgan fingerprint density at radius 1 is 1.08 bits per heavy atom. The van der Waals surface area contributed by atoms with Crippen molar-refractivity contribution < 1.29 is 4.79 Å². The Bertz CT molecular complexity index is 381. The molecule has 0 radical (unpaired) electrons. The number of nitrogens with zero attached hydrogens (tertiary/aromatic N) is 2. The third-order valence-corrected chi connectivity index (χ3v) is 4.60. The first-order chi connectivity index (χ1) is 11.4. The summed E-state index contributed by atoms with van der Waals surface area (Å²) in [6.07, 6.45) is 5.97. The molecule has 0 unspecified atom stereocenters. The number of hydrogen-bond donors (Lipinski definition) is 3. The lowest BCUT2D eigenvalue weighted by Gasteiger charge is -2.30. The number of nitrogens with one attached hydrogen (secondary N) is 3. The van der Waals surface area contributed by atoms with Gasteiger partial charge >= 0.3 is 0 Å². The van der Waals surface area contributed by atoms with Crippen LogP contribution >= 0.6 is 0 Å². The largest absolute Gasteiger partial charge is 0.355 e. The third kappa shape index (κ3) is 7.99. The molecule has 3 N–H and O–H groups in total. The van der Waals surface area contributed by atoms with Crippen LogP contribution in [0.4, 0.5) is 0 Å². The summed E-state index contributed by atoms with van der Waals surface area (Å²) in [5.41, 5.74) is 0. The van der Waals surface area contributed by atoms with Crippen LogP contribution in [0, 0.1) is 0 Å². The molecule has 1 aliphatic rings. The van der Waals surface area contributed by atoms with E-state index >= 15 is 0 Å². The van der Waals surface area contributed by atoms with Gasteiger partial charge in [0.2, 0.25) is 5.91 Å². The fraction of sp³-hybridized carbons (Fsp3) is 0.889. The van der Waals surface area contributed by atoms with Crippen LogP contribution in [0.25, 0.3) is 0 Å². The molecule has 1 amide bonds. The predicted octanol–water partition coefficient (Wildman–Crippen LogP) is 1.72. The molecule has 6 nitrogen and oxygen atoms in total. The first-order valence-corrected chi connectivity index (χ1v) is 9.43. The average molecular weight is 340 g/mol. The molecule has 1 saturated carbocycles. The number of amides is 1. The smallest absolute Gasteiger partial charge is 0.239 e. The predicted molar refractivity (Wildman–Crippen MR) is 101 cm³/mol. The molecule has 0 aromatic carbocycles. The summed E-state index contributed by atoms with van der Waals surface area (Å²) < 4.78 is 0. The summed E-state index contributed by atoms with van der Waals surface area (Å²) in [6, 6.07) is 1.39. The molecule has 0 aromatic heterocycles. The minimum absolute atomic E-state index is 0.0517. The maximum Gasteiger partial charge on any atom is 0.239 e. The SMILES string of the molecule is CN=C(NCCN(C(C)C)C(C)C)NCC(=O)NC1CCCCC1. The lowest BCUT2D eigenvalue weighted by atomic mass is 9.95. The van der Waals surface area contributed by atoms with Crippen LogP contribution in [-0.2, 0) is 4.79 Å². The minimum atomic E-state index is 0.0517. The zero-order valence-corrected chi connectivity index (χ0v) is 16.2. The van der Waals surface area contributed by atoms with E-state index in [4.69, 9.17) is 0 Å². The summed E-state index contributed by atoms with van der Waals surface area (Å²) in [5, 5.41) is 9.50. The molecule has 0 bridgehead atoms. The summed E-state index contributed by atoms with van der Waals surface area (Å²) in [5.74, 6) is 0.733. The van der Waals surface area contributed by atoms with Crippen molar-refractivity contribution >= 4 is 11.9 Å². The van der Waals surface area contributed by atoms with Crippen LogP contribution < -0.4 is 16.0 Å². The van der Waals surface area contributed by atoms with Crippen molar-refractivity contribution in [2.75, 3.05) is 26.7 Å². The Morgan fingerprint density at radius 3 is 2.25 bits per heavy atom. The number of rotatable bonds is 8. The molecule has 0 atom stereocenters. The molecule has 0 heterocycles. The van der Waals surface area contributed by atoms with Gasteiger partial charge in [0, 0.05) is 38.3 Å². The van der Waals surface area contributed by atoms with E-state index < -0.39 is 0 Å². The van der Waals surface area contributed by atoms with E-state index in [9.17, 15) is 4.79 Å². The number of hydrogen-bond acceptors (Lipinski definition) is 3. The Hall–Kier alpha value is -1.30. The fourth-order valence-corrected chi connectivity index (χ4v) is 3.33. The molecule has 1 rings (SSSR count). The summed E-state index contributed by atoms with van der Waals surface area (Å²) in [4.78, 5) is 18.6. The van der Waals surface area contributed by atoms with E-state index in [1.54, 1.807) is 7.05 Å². The topological polar surface area (TPSA) is 68.8 Å². The van der Waals surface area contributed by atoms with Gasteiger partial charge in [-0.3, -0.25) is 14.7 Å². The van der Waals surface area contributed by atoms with E-state index in [2.05, 4.69) is 53.5 Å². The molecule has 0 saturated heterocycles. The third-order valence-electron chi connectivity index (χ3n) is 4.60. The van der Waals surface area contributed by atoms with Crippen molar-refractivity contribution in [3.8, 4) is 0 Å². The highest BCUT2D eigenvalue weighted by Crippen LogP contribution is 2.17. The van der Waals surface area contributed by atoms with Crippen LogP contribution in [0.2, 0.25) is 0 Å². The number of carbonyl (C=O) groups excluding carboxylic acids is 1. The lowest BCUT2D eigenvalue weighted by Crippen LogP contribution is -2.48. The summed E-state index contributed by atoms with van der Waals surface area (Å²) in [7, 11) is 1.73. The van der Waals surface area contributed by atoms with Gasteiger partial charge < -0.3 is 16.0 Å². The van der Waals surface area contributed by atoms with Crippen LogP contribution in [-0.4, -0.2) is 61.6 Å². The normalized spacial score (nSPS) is 16.8. The van der Waals surface area contributed by atoms with Gasteiger partial charge in [0.25, 0.3) is 0 Å². The lowest BCUT2D eigenvalue weighted by molar-refractivity contribution is -0.120. The number of aliphatic imine (C=N–C) groups is 1. The van der Waals surface area contributed by atoms with E-state index in [-0.39, 0.29) is 12.5 Å². The maximum absolute atomic E-state index is 12.0. The van der Waals surface area contributed by atoms with Gasteiger partial charge in [0.05, 0.1) is 6.54 Å². The van der Waals surface area contributed by atoms with Crippen molar-refractivity contribution in [3.05, 3.63) is 0 Å². The molecule has 0 aromatic rings. The minimum Gasteiger partial charge on any atom is -0.355 e. The highest BCUT2D eigenvalue weighted by molar-refractivity contribution is 5.86. The standard InChI is InChI=1S/C18H37N5O/c1-14(2)23(15(3)4)12-11-20-18(19-5)21-13-17(24)22-16-9-7-6-8-10-16/h14-16H,6-13H2,1-5H3,(H,22,24)(H2,19,20,21). The second-order valence-electron chi connectivity index (χ2n) is 7.18. The Balaban J connectivity index is 2.25. The number of guanidine groups is 1. The fourth-order valence-electron chi connectivity index (χ4n) is 3.33. The first-order valence-electron chi connectivity index (χ1n) is 9.43. The van der Waals surface area contributed by atoms with Gasteiger partial charge in [-0.25, -0.2) is 0 Å². The van der Waals surface area contributed by atoms with E-state index in [1.165, 1.54) is 19.3 Å². The Labute approximate surface area is 147 Å². The molecule has 1 fully saturated rings. The molecule has 1 aliphatic carbocycles. The average Bonchev–Trinajstić information content (AvgIpc) is 2.54. The summed E-state index contributed by atoms with van der Waals surface area (Å²) in [6.45, 7) is 10.9. The highest BCUT2D eigenvalue weighted by Gasteiger charge is 2.16. The molecule has 0 spiro atoms.